The predicted molar refractivity (Wildman–Crippen MR) is 354 cm³/mol. The zero-order valence-electron chi connectivity index (χ0n) is 46.6. The molecule has 0 aliphatic heterocycles. The summed E-state index contributed by atoms with van der Waals surface area (Å²) in [5.74, 6) is 2.32. The maximum Gasteiger partial charge on any atom is 0.160 e. The first-order chi connectivity index (χ1) is 42.6. The molecule has 13 aromatic carbocycles. The number of ether oxygens (including phenoxy) is 1. The number of fused-ring (bicyclic) bond motifs is 4. The van der Waals surface area contributed by atoms with Crippen LogP contribution in [0.5, 0.6) is 5.75 Å². The Kier molecular flexibility index (Phi) is 10.5. The molecule has 0 saturated carbocycles. The van der Waals surface area contributed by atoms with Crippen molar-refractivity contribution in [2.75, 3.05) is 7.11 Å². The molecular formula is C79H48N6O. The predicted octanol–water partition coefficient (Wildman–Crippen LogP) is 20.1. The minimum atomic E-state index is 0.716. The maximum atomic E-state index is 5.93. The minimum absolute atomic E-state index is 0.716. The Balaban J connectivity index is 0.000000130. The molecule has 0 fully saturated rings. The standard InChI is InChI=1S/C42H25N3.C37H23N3O/c1-2-8-29(9-3-1)41-34-11-4-5-14-35(34)43-42(44-41)30-18-16-26(17-19-30)27-20-23-31(24-21-27)45-36-15-7-13-33-32-12-6-10-28-22-25-37(45)40(38(28)32)39(33)36;1-41-31-21-19-27-26-12-7-10-22-16-20-30-34(32(22)26)33(27)36(31)40(30)25-17-14-24(15-18-25)37-38-29-13-6-5-11-28(29)35(39-37)23-8-3-2-4-9-23/h1-25H;2-21H,1H3. The summed E-state index contributed by atoms with van der Waals surface area (Å²) < 4.78 is 10.7. The molecule has 4 aromatic heterocycles. The fourth-order valence-corrected chi connectivity index (χ4v) is 13.9. The Morgan fingerprint density at radius 2 is 0.709 bits per heavy atom. The van der Waals surface area contributed by atoms with Gasteiger partial charge in [0.25, 0.3) is 0 Å². The summed E-state index contributed by atoms with van der Waals surface area (Å²) >= 11 is 0. The van der Waals surface area contributed by atoms with Gasteiger partial charge in [-0.15, -0.1) is 0 Å². The van der Waals surface area contributed by atoms with Gasteiger partial charge in [-0.05, 0) is 134 Å². The van der Waals surface area contributed by atoms with Gasteiger partial charge in [-0.1, -0.05) is 194 Å². The van der Waals surface area contributed by atoms with Gasteiger partial charge in [0.1, 0.15) is 5.75 Å². The summed E-state index contributed by atoms with van der Waals surface area (Å²) in [7, 11) is 1.75. The zero-order valence-corrected chi connectivity index (χ0v) is 46.6. The van der Waals surface area contributed by atoms with Crippen molar-refractivity contribution >= 4 is 87.0 Å². The highest BCUT2D eigenvalue weighted by atomic mass is 16.5. The number of rotatable bonds is 8. The molecule has 0 amide bonds. The smallest absolute Gasteiger partial charge is 0.160 e. The van der Waals surface area contributed by atoms with Crippen LogP contribution in [0.1, 0.15) is 0 Å². The molecule has 0 saturated heterocycles. The van der Waals surface area contributed by atoms with Crippen molar-refractivity contribution in [3.63, 3.8) is 0 Å². The topological polar surface area (TPSA) is 70.7 Å². The highest BCUT2D eigenvalue weighted by Crippen LogP contribution is 2.53. The number of nitrogens with zero attached hydrogens (tertiary/aromatic N) is 6. The molecule has 2 aliphatic carbocycles. The van der Waals surface area contributed by atoms with Crippen molar-refractivity contribution < 1.29 is 4.74 Å². The Hall–Kier alpha value is -11.5. The fraction of sp³-hybridized carbons (Fsp3) is 0.0127. The van der Waals surface area contributed by atoms with Gasteiger partial charge in [-0.3, -0.25) is 0 Å². The van der Waals surface area contributed by atoms with E-state index in [9.17, 15) is 0 Å². The second-order valence-electron chi connectivity index (χ2n) is 22.4. The van der Waals surface area contributed by atoms with E-state index in [1.807, 2.05) is 48.5 Å². The Labute approximate surface area is 494 Å². The van der Waals surface area contributed by atoms with Gasteiger partial charge in [-0.25, -0.2) is 19.9 Å². The van der Waals surface area contributed by atoms with Crippen molar-refractivity contribution in [2.24, 2.45) is 0 Å². The van der Waals surface area contributed by atoms with Gasteiger partial charge in [0, 0.05) is 65.9 Å². The summed E-state index contributed by atoms with van der Waals surface area (Å²) in [6.45, 7) is 0. The summed E-state index contributed by atoms with van der Waals surface area (Å²) in [4.78, 5) is 20.0. The normalized spacial score (nSPS) is 12.0. The molecule has 0 unspecified atom stereocenters. The summed E-state index contributed by atoms with van der Waals surface area (Å²) in [5, 5.41) is 12.7. The van der Waals surface area contributed by atoms with E-state index in [1.54, 1.807) is 7.11 Å². The second kappa shape index (κ2) is 18.7. The quantitative estimate of drug-likeness (QED) is 0.152. The molecule has 86 heavy (non-hydrogen) atoms. The SMILES string of the molecule is COc1ccc2c3c4c5c-2cccc5ccc4n(-c2ccc(-c4nc(-c5ccccc5)c5ccccc5n4)cc2)c13.c1ccc(-c2nc(-c3ccc(-c4ccc(-n5c6cccc7c6c6c8c-7cccc8ccc65)cc4)cc3)nc3ccccc23)cc1. The van der Waals surface area contributed by atoms with E-state index in [4.69, 9.17) is 24.7 Å². The van der Waals surface area contributed by atoms with E-state index in [2.05, 4.69) is 234 Å². The molecule has 7 nitrogen and oxygen atoms in total. The molecule has 0 bridgehead atoms. The van der Waals surface area contributed by atoms with E-state index in [0.717, 1.165) is 83.8 Å². The molecule has 7 heteroatoms. The second-order valence-corrected chi connectivity index (χ2v) is 22.4. The van der Waals surface area contributed by atoms with Gasteiger partial charge >= 0.3 is 0 Å². The van der Waals surface area contributed by atoms with Crippen molar-refractivity contribution in [2.45, 2.75) is 0 Å². The number of hydrogen-bond donors (Lipinski definition) is 0. The van der Waals surface area contributed by atoms with Crippen LogP contribution in [0, 0.1) is 0 Å². The van der Waals surface area contributed by atoms with Crippen LogP contribution in [-0.4, -0.2) is 36.2 Å². The largest absolute Gasteiger partial charge is 0.495 e. The molecule has 19 rings (SSSR count). The van der Waals surface area contributed by atoms with Crippen LogP contribution in [0.25, 0.3) is 177 Å². The number of hydrogen-bond acceptors (Lipinski definition) is 5. The van der Waals surface area contributed by atoms with Crippen molar-refractivity contribution in [3.05, 3.63) is 273 Å². The van der Waals surface area contributed by atoms with Gasteiger partial charge in [0.15, 0.2) is 11.6 Å². The van der Waals surface area contributed by atoms with E-state index in [0.29, 0.717) is 5.82 Å². The fourth-order valence-electron chi connectivity index (χ4n) is 13.9. The lowest BCUT2D eigenvalue weighted by atomic mass is 10.0. The van der Waals surface area contributed by atoms with Crippen molar-refractivity contribution in [1.82, 2.24) is 29.1 Å². The Morgan fingerprint density at radius 1 is 0.279 bits per heavy atom. The van der Waals surface area contributed by atoms with Crippen molar-refractivity contribution in [3.8, 4) is 95.8 Å². The molecule has 2 aliphatic rings. The maximum absolute atomic E-state index is 5.93. The van der Waals surface area contributed by atoms with E-state index < -0.39 is 0 Å². The van der Waals surface area contributed by atoms with Crippen molar-refractivity contribution in [1.29, 1.82) is 0 Å². The number of aromatic nitrogens is 6. The third-order valence-corrected chi connectivity index (χ3v) is 17.8. The minimum Gasteiger partial charge on any atom is -0.495 e. The first kappa shape index (κ1) is 48.0. The van der Waals surface area contributed by atoms with E-state index in [-0.39, 0.29) is 0 Å². The van der Waals surface area contributed by atoms with Gasteiger partial charge in [-0.2, -0.15) is 0 Å². The molecule has 4 heterocycles. The monoisotopic (exact) mass is 1100 g/mol. The molecule has 17 aromatic rings. The molecule has 400 valence electrons. The third-order valence-electron chi connectivity index (χ3n) is 17.8. The first-order valence-corrected chi connectivity index (χ1v) is 29.1. The van der Waals surface area contributed by atoms with Gasteiger partial charge < -0.3 is 13.9 Å². The van der Waals surface area contributed by atoms with Crippen LogP contribution in [0.3, 0.4) is 0 Å². The van der Waals surface area contributed by atoms with Crippen LogP contribution < -0.4 is 4.74 Å². The summed E-state index contributed by atoms with van der Waals surface area (Å²) in [5.41, 5.74) is 22.6. The van der Waals surface area contributed by atoms with Gasteiger partial charge in [0.05, 0.1) is 51.6 Å². The lowest BCUT2D eigenvalue weighted by molar-refractivity contribution is 0.418. The number of para-hydroxylation sites is 2. The zero-order chi connectivity index (χ0) is 56.6. The molecule has 0 N–H and O–H groups in total. The molecule has 0 spiro atoms. The van der Waals surface area contributed by atoms with Crippen LogP contribution in [-0.2, 0) is 0 Å². The average Bonchev–Trinajstić information content (AvgIpc) is 2.53. The van der Waals surface area contributed by atoms with E-state index >= 15 is 0 Å². The summed E-state index contributed by atoms with van der Waals surface area (Å²) in [6.07, 6.45) is 0. The average molecular weight is 1100 g/mol. The van der Waals surface area contributed by atoms with Gasteiger partial charge in [0.2, 0.25) is 0 Å². The van der Waals surface area contributed by atoms with Crippen LogP contribution in [0.15, 0.2) is 273 Å². The number of benzene rings is 13. The molecule has 0 atom stereocenters. The Bertz CT molecular complexity index is 5650. The van der Waals surface area contributed by atoms with Crippen LogP contribution in [0.4, 0.5) is 0 Å². The number of methoxy groups -OCH3 is 1. The summed E-state index contributed by atoms with van der Waals surface area (Å²) in [6, 6.07) is 96.5. The third kappa shape index (κ3) is 7.15. The highest BCUT2D eigenvalue weighted by molar-refractivity contribution is 6.35. The van der Waals surface area contributed by atoms with Crippen LogP contribution in [0.2, 0.25) is 0 Å². The lowest BCUT2D eigenvalue weighted by Crippen LogP contribution is -1.98. The van der Waals surface area contributed by atoms with Crippen LogP contribution >= 0.6 is 0 Å². The molecule has 0 radical (unpaired) electrons. The van der Waals surface area contributed by atoms with E-state index in [1.165, 1.54) is 93.1 Å². The first-order valence-electron chi connectivity index (χ1n) is 29.1. The molecular weight excluding hydrogens is 1050 g/mol. The Morgan fingerprint density at radius 3 is 1.27 bits per heavy atom. The highest BCUT2D eigenvalue weighted by Gasteiger charge is 2.28. The lowest BCUT2D eigenvalue weighted by Gasteiger charge is -2.14.